The predicted octanol–water partition coefficient (Wildman–Crippen LogP) is 5.35. The summed E-state index contributed by atoms with van der Waals surface area (Å²) in [5.41, 5.74) is 2.83. The number of rotatable bonds is 10. The van der Waals surface area contributed by atoms with Gasteiger partial charge in [-0.25, -0.2) is 9.18 Å². The number of aliphatic carboxylic acids is 1. The molecular formula is C31H32FNO5. The second kappa shape index (κ2) is 11.2. The molecular weight excluding hydrogens is 485 g/mol. The van der Waals surface area contributed by atoms with E-state index in [2.05, 4.69) is 17.4 Å². The van der Waals surface area contributed by atoms with E-state index < -0.39 is 35.1 Å². The molecule has 0 saturated heterocycles. The topological polar surface area (TPSA) is 92.7 Å². The van der Waals surface area contributed by atoms with Gasteiger partial charge in [-0.05, 0) is 46.7 Å². The van der Waals surface area contributed by atoms with Gasteiger partial charge in [-0.3, -0.25) is 9.59 Å². The molecule has 1 amide bonds. The van der Waals surface area contributed by atoms with Crippen molar-refractivity contribution >= 4 is 17.8 Å². The molecule has 0 unspecified atom stereocenters. The third-order valence-electron chi connectivity index (χ3n) is 7.27. The summed E-state index contributed by atoms with van der Waals surface area (Å²) < 4.78 is 19.9. The quantitative estimate of drug-likeness (QED) is 0.354. The van der Waals surface area contributed by atoms with Crippen molar-refractivity contribution < 1.29 is 28.6 Å². The van der Waals surface area contributed by atoms with Crippen LogP contribution in [0.15, 0.2) is 72.8 Å². The fourth-order valence-corrected chi connectivity index (χ4v) is 5.05. The number of carbonyl (C=O) groups excluding carboxylic acids is 2. The number of ether oxygens (including phenoxy) is 1. The smallest absolute Gasteiger partial charge is 0.329 e. The summed E-state index contributed by atoms with van der Waals surface area (Å²) in [6.45, 7) is 5.05. The first kappa shape index (κ1) is 27.0. The summed E-state index contributed by atoms with van der Waals surface area (Å²) in [7, 11) is 0. The average Bonchev–Trinajstić information content (AvgIpc) is 3.20. The average molecular weight is 518 g/mol. The largest absolute Gasteiger partial charge is 0.480 e. The number of carboxylic acid groups (broad SMARTS) is 1. The minimum absolute atomic E-state index is 0.103. The fraction of sp³-hybridized carbons (Fsp3) is 0.323. The summed E-state index contributed by atoms with van der Waals surface area (Å²) in [4.78, 5) is 38.2. The van der Waals surface area contributed by atoms with E-state index in [0.717, 1.165) is 22.3 Å². The van der Waals surface area contributed by atoms with Gasteiger partial charge in [-0.2, -0.15) is 0 Å². The van der Waals surface area contributed by atoms with Crippen molar-refractivity contribution in [2.24, 2.45) is 11.8 Å². The van der Waals surface area contributed by atoms with Crippen molar-refractivity contribution in [2.75, 3.05) is 6.61 Å². The highest BCUT2D eigenvalue weighted by molar-refractivity contribution is 5.90. The van der Waals surface area contributed by atoms with Crippen LogP contribution in [0.3, 0.4) is 0 Å². The Bertz CT molecular complexity index is 1310. The Hall–Kier alpha value is -4.00. The van der Waals surface area contributed by atoms with Crippen molar-refractivity contribution in [1.82, 2.24) is 5.32 Å². The molecule has 7 heteroatoms. The minimum atomic E-state index is -1.76. The molecule has 0 spiro atoms. The van der Waals surface area contributed by atoms with Gasteiger partial charge in [0.1, 0.15) is 18.0 Å². The van der Waals surface area contributed by atoms with Crippen molar-refractivity contribution in [3.8, 4) is 11.1 Å². The normalized spacial score (nSPS) is 14.8. The van der Waals surface area contributed by atoms with Gasteiger partial charge in [0.05, 0.1) is 12.3 Å². The molecule has 0 radical (unpaired) electrons. The zero-order chi connectivity index (χ0) is 27.4. The Kier molecular flexibility index (Phi) is 7.95. The monoisotopic (exact) mass is 517 g/mol. The maximum atomic E-state index is 14.2. The van der Waals surface area contributed by atoms with E-state index in [1.165, 1.54) is 25.1 Å². The number of carbonyl (C=O) groups is 3. The van der Waals surface area contributed by atoms with Crippen LogP contribution in [0.4, 0.5) is 4.39 Å². The lowest BCUT2D eigenvalue weighted by Gasteiger charge is -2.30. The second-order valence-electron chi connectivity index (χ2n) is 10.4. The number of hydrogen-bond acceptors (Lipinski definition) is 4. The highest BCUT2D eigenvalue weighted by Gasteiger charge is 2.39. The molecule has 0 saturated carbocycles. The Balaban J connectivity index is 1.44. The van der Waals surface area contributed by atoms with Gasteiger partial charge >= 0.3 is 11.9 Å². The molecule has 3 aromatic rings. The third kappa shape index (κ3) is 5.62. The van der Waals surface area contributed by atoms with E-state index in [4.69, 9.17) is 4.74 Å². The minimum Gasteiger partial charge on any atom is -0.480 e. The van der Waals surface area contributed by atoms with E-state index in [0.29, 0.717) is 0 Å². The van der Waals surface area contributed by atoms with Crippen LogP contribution >= 0.6 is 0 Å². The maximum Gasteiger partial charge on any atom is 0.329 e. The van der Waals surface area contributed by atoms with Gasteiger partial charge in [-0.1, -0.05) is 80.6 Å². The lowest BCUT2D eigenvalue weighted by molar-refractivity contribution is -0.150. The van der Waals surface area contributed by atoms with E-state index in [1.54, 1.807) is 19.9 Å². The van der Waals surface area contributed by atoms with Crippen LogP contribution in [0.5, 0.6) is 0 Å². The number of nitrogens with one attached hydrogen (secondary N) is 1. The summed E-state index contributed by atoms with van der Waals surface area (Å²) in [5.74, 6) is -4.15. The number of esters is 1. The van der Waals surface area contributed by atoms with Crippen LogP contribution in [-0.2, 0) is 25.5 Å². The van der Waals surface area contributed by atoms with Crippen molar-refractivity contribution in [2.45, 2.75) is 45.1 Å². The number of fused-ring (bicyclic) bond motifs is 3. The first-order valence-electron chi connectivity index (χ1n) is 12.7. The van der Waals surface area contributed by atoms with E-state index in [-0.39, 0.29) is 36.8 Å². The molecule has 6 nitrogen and oxygen atoms in total. The predicted molar refractivity (Wildman–Crippen MR) is 142 cm³/mol. The second-order valence-corrected chi connectivity index (χ2v) is 10.4. The summed E-state index contributed by atoms with van der Waals surface area (Å²) >= 11 is 0. The van der Waals surface area contributed by atoms with Crippen LogP contribution in [0.2, 0.25) is 0 Å². The summed E-state index contributed by atoms with van der Waals surface area (Å²) in [5, 5.41) is 12.4. The lowest BCUT2D eigenvalue weighted by Crippen LogP contribution is -2.56. The van der Waals surface area contributed by atoms with Gasteiger partial charge in [0.15, 0.2) is 0 Å². The van der Waals surface area contributed by atoms with E-state index >= 15 is 0 Å². The number of benzene rings is 3. The van der Waals surface area contributed by atoms with Gasteiger partial charge < -0.3 is 15.2 Å². The first-order valence-corrected chi connectivity index (χ1v) is 12.7. The number of amides is 1. The summed E-state index contributed by atoms with van der Waals surface area (Å²) in [6.07, 6.45) is -0.439. The van der Waals surface area contributed by atoms with Crippen molar-refractivity contribution in [3.63, 3.8) is 0 Å². The molecule has 0 aliphatic heterocycles. The van der Waals surface area contributed by atoms with Gasteiger partial charge in [0, 0.05) is 12.3 Å². The number of hydrogen-bond donors (Lipinski definition) is 2. The Labute approximate surface area is 221 Å². The standard InChI is InChI=1S/C31H32FNO5/c1-19(2)25(29(35)33-31(3,30(36)37)17-20-10-4-9-15-27(20)32)16-28(34)38-18-26-23-13-7-5-11-21(23)22-12-6-8-14-24(22)26/h4-15,19,25-26H,16-18H2,1-3H3,(H,33,35)(H,36,37)/t25-,31-/m0/s1. The van der Waals surface area contributed by atoms with E-state index in [1.807, 2.05) is 36.4 Å². The van der Waals surface area contributed by atoms with Crippen LogP contribution in [0, 0.1) is 17.7 Å². The summed E-state index contributed by atoms with van der Waals surface area (Å²) in [6, 6.07) is 21.9. The van der Waals surface area contributed by atoms with Crippen molar-refractivity contribution in [1.29, 1.82) is 0 Å². The molecule has 0 fully saturated rings. The Morgan fingerprint density at radius 3 is 2.05 bits per heavy atom. The lowest BCUT2D eigenvalue weighted by atomic mass is 9.88. The van der Waals surface area contributed by atoms with Crippen LogP contribution in [-0.4, -0.2) is 35.1 Å². The van der Waals surface area contributed by atoms with Crippen LogP contribution < -0.4 is 5.32 Å². The molecule has 2 atom stereocenters. The number of halogens is 1. The first-order chi connectivity index (χ1) is 18.1. The molecule has 0 aromatic heterocycles. The zero-order valence-electron chi connectivity index (χ0n) is 21.7. The third-order valence-corrected chi connectivity index (χ3v) is 7.27. The highest BCUT2D eigenvalue weighted by Crippen LogP contribution is 2.44. The van der Waals surface area contributed by atoms with Gasteiger partial charge in [0.25, 0.3) is 0 Å². The molecule has 0 bridgehead atoms. The Morgan fingerprint density at radius 1 is 0.947 bits per heavy atom. The van der Waals surface area contributed by atoms with Gasteiger partial charge in [0.2, 0.25) is 5.91 Å². The SMILES string of the molecule is CC(C)[C@H](CC(=O)OCC1c2ccccc2-c2ccccc21)C(=O)N[C@@](C)(Cc1ccccc1F)C(=O)O. The molecule has 1 aliphatic carbocycles. The van der Waals surface area contributed by atoms with E-state index in [9.17, 15) is 23.9 Å². The molecule has 0 heterocycles. The zero-order valence-corrected chi connectivity index (χ0v) is 21.7. The molecule has 198 valence electrons. The number of carboxylic acids is 1. The van der Waals surface area contributed by atoms with Crippen molar-refractivity contribution in [3.05, 3.63) is 95.3 Å². The molecule has 2 N–H and O–H groups in total. The molecule has 38 heavy (non-hydrogen) atoms. The fourth-order valence-electron chi connectivity index (χ4n) is 5.05. The molecule has 1 aliphatic rings. The molecule has 4 rings (SSSR count). The maximum absolute atomic E-state index is 14.2. The van der Waals surface area contributed by atoms with Gasteiger partial charge in [-0.15, -0.1) is 0 Å². The van der Waals surface area contributed by atoms with Crippen LogP contribution in [0.1, 0.15) is 49.8 Å². The Morgan fingerprint density at radius 2 is 1.50 bits per heavy atom. The molecule has 3 aromatic carbocycles. The highest BCUT2D eigenvalue weighted by atomic mass is 19.1. The van der Waals surface area contributed by atoms with Crippen LogP contribution in [0.25, 0.3) is 11.1 Å².